The smallest absolute Gasteiger partial charge is 0.416 e. The van der Waals surface area contributed by atoms with Crippen LogP contribution in [-0.4, -0.2) is 144 Å². The SMILES string of the molecule is C.C=CC(=O)Cl.C=CC(=O)Nc1cc(Nc2ncnc(Nc3ccc(C(F)(F)F)cc3C(C)(C)O)n2)c(OC)cc1N(C)CCN(C)C.COc1cc(N(C)CCN(C)C)c(N)cc1Nc1ncnc(Nc2ccc(C(F)(F)F)cc2C(C)(C)O)n1. The average Bonchev–Trinajstić information content (AvgIpc) is 1.35. The van der Waals surface area contributed by atoms with Crippen LogP contribution in [0.25, 0.3) is 0 Å². The minimum absolute atomic E-state index is 0. The van der Waals surface area contributed by atoms with Gasteiger partial charge in [0.25, 0.3) is 0 Å². The molecule has 9 N–H and O–H groups in total. The molecule has 2 aromatic heterocycles. The van der Waals surface area contributed by atoms with Crippen molar-refractivity contribution in [3.8, 4) is 11.5 Å². The number of carbonyl (C=O) groups excluding carboxylic acids is 2. The zero-order valence-corrected chi connectivity index (χ0v) is 49.8. The van der Waals surface area contributed by atoms with Gasteiger partial charge in [-0.25, -0.2) is 19.9 Å². The molecule has 0 atom stereocenters. The Morgan fingerprint density at radius 1 is 0.581 bits per heavy atom. The van der Waals surface area contributed by atoms with Crippen molar-refractivity contribution in [2.24, 2.45) is 0 Å². The number of halogens is 7. The first-order valence-electron chi connectivity index (χ1n) is 25.6. The highest BCUT2D eigenvalue weighted by Crippen LogP contribution is 2.41. The number of nitrogens with one attached hydrogen (secondary N) is 5. The van der Waals surface area contributed by atoms with Crippen LogP contribution >= 0.6 is 11.6 Å². The largest absolute Gasteiger partial charge is 0.494 e. The van der Waals surface area contributed by atoms with Crippen LogP contribution in [0.15, 0.2) is 98.6 Å². The third-order valence-electron chi connectivity index (χ3n) is 12.0. The number of carbonyl (C=O) groups is 2. The highest BCUT2D eigenvalue weighted by molar-refractivity contribution is 6.66. The second-order valence-corrected chi connectivity index (χ2v) is 20.6. The third-order valence-corrected chi connectivity index (χ3v) is 12.2. The zero-order valence-electron chi connectivity index (χ0n) is 49.0. The van der Waals surface area contributed by atoms with Crippen LogP contribution in [0.2, 0.25) is 0 Å². The lowest BCUT2D eigenvalue weighted by Gasteiger charge is -2.26. The number of nitrogen functional groups attached to an aromatic ring is 1. The Morgan fingerprint density at radius 3 is 1.28 bits per heavy atom. The monoisotopic (exact) mass is 1230 g/mol. The zero-order chi connectivity index (χ0) is 63.8. The molecule has 0 aliphatic rings. The number of likely N-dealkylation sites (N-methyl/N-ethyl adjacent to an activating group) is 4. The van der Waals surface area contributed by atoms with Gasteiger partial charge in [0.2, 0.25) is 34.9 Å². The number of benzene rings is 4. The molecule has 0 radical (unpaired) electrons. The van der Waals surface area contributed by atoms with Crippen molar-refractivity contribution in [3.05, 3.63) is 121 Å². The van der Waals surface area contributed by atoms with Gasteiger partial charge < -0.3 is 71.6 Å². The predicted molar refractivity (Wildman–Crippen MR) is 327 cm³/mol. The topological polar surface area (TPSA) is 270 Å². The molecule has 29 heteroatoms. The van der Waals surface area contributed by atoms with Gasteiger partial charge in [0.05, 0.1) is 70.7 Å². The summed E-state index contributed by atoms with van der Waals surface area (Å²) in [4.78, 5) is 54.8. The van der Waals surface area contributed by atoms with Gasteiger partial charge in [0.15, 0.2) is 0 Å². The van der Waals surface area contributed by atoms with Gasteiger partial charge in [0.1, 0.15) is 24.2 Å². The molecule has 0 saturated heterocycles. The van der Waals surface area contributed by atoms with Crippen molar-refractivity contribution in [2.45, 2.75) is 58.7 Å². The summed E-state index contributed by atoms with van der Waals surface area (Å²) in [6.45, 7) is 15.2. The van der Waals surface area contributed by atoms with E-state index in [9.17, 15) is 46.1 Å². The minimum atomic E-state index is -4.58. The first kappa shape index (κ1) is 71.7. The van der Waals surface area contributed by atoms with Gasteiger partial charge in [-0.05, 0) is 128 Å². The second kappa shape index (κ2) is 31.0. The molecule has 468 valence electrons. The van der Waals surface area contributed by atoms with Crippen LogP contribution in [0.5, 0.6) is 11.5 Å². The number of allylic oxidation sites excluding steroid dienone is 1. The molecule has 4 aromatic carbocycles. The lowest BCUT2D eigenvalue weighted by Crippen LogP contribution is -2.29. The fourth-order valence-electron chi connectivity index (χ4n) is 7.55. The molecule has 0 saturated carbocycles. The average molecular weight is 1230 g/mol. The number of nitrogens with two attached hydrogens (primary N) is 1. The number of aliphatic hydroxyl groups is 2. The summed E-state index contributed by atoms with van der Waals surface area (Å²) in [5.41, 5.74) is 5.26. The maximum Gasteiger partial charge on any atom is 0.416 e. The standard InChI is InChI=1S/C28H35F3N8O3.C25H33F3N8O2.C3H3ClO.CH4/c1-8-24(40)34-20-14-21(23(42-7)15-22(20)39(6)12-11-38(4)5)36-26-33-16-32-25(37-26)35-19-10-9-17(28(29,30)31)13-18(19)27(2,3)41;1-24(2,37)16-11-15(25(26,27)28)7-8-18(16)32-22-30-14-31-23(34-22)33-19-12-17(29)20(13-21(19)38-6)36(5)10-9-35(3)4;1-2-3(4)5;/h8-10,13-16,41H,1,11-12H2,2-7H3,(H,34,40)(H2,32,33,35,36,37);7-8,11-14,37H,9-10,29H2,1-6H3,(H2,30,31,32,33,34);2H,1H2;1H4. The number of nitrogens with zero attached hydrogens (tertiary/aromatic N) is 10. The Morgan fingerprint density at radius 2 is 0.942 bits per heavy atom. The Balaban J connectivity index is 0.000000414. The van der Waals surface area contributed by atoms with E-state index in [4.69, 9.17) is 26.8 Å². The van der Waals surface area contributed by atoms with Crippen LogP contribution in [0.3, 0.4) is 0 Å². The number of aromatic nitrogens is 6. The first-order chi connectivity index (χ1) is 39.6. The Kier molecular flexibility index (Phi) is 25.8. The van der Waals surface area contributed by atoms with Gasteiger partial charge in [-0.2, -0.15) is 36.3 Å². The van der Waals surface area contributed by atoms with Crippen LogP contribution < -0.4 is 51.6 Å². The lowest BCUT2D eigenvalue weighted by atomic mass is 9.94. The van der Waals surface area contributed by atoms with E-state index < -0.39 is 45.8 Å². The molecule has 1 amide bonds. The molecule has 0 aliphatic heterocycles. The van der Waals surface area contributed by atoms with Crippen molar-refractivity contribution in [1.82, 2.24) is 39.7 Å². The van der Waals surface area contributed by atoms with Crippen molar-refractivity contribution in [1.29, 1.82) is 0 Å². The number of rotatable bonds is 23. The Bertz CT molecular complexity index is 3270. The highest BCUT2D eigenvalue weighted by atomic mass is 35.5. The summed E-state index contributed by atoms with van der Waals surface area (Å²) in [5, 5.41) is 35.2. The molecule has 0 bridgehead atoms. The molecule has 0 unspecified atom stereocenters. The van der Waals surface area contributed by atoms with Crippen LogP contribution in [-0.2, 0) is 33.1 Å². The van der Waals surface area contributed by atoms with Crippen LogP contribution in [0, 0.1) is 0 Å². The fraction of sp³-hybridized carbons (Fsp3) is 0.368. The minimum Gasteiger partial charge on any atom is -0.494 e. The highest BCUT2D eigenvalue weighted by Gasteiger charge is 2.35. The van der Waals surface area contributed by atoms with Crippen molar-refractivity contribution in [2.75, 3.05) is 125 Å². The Hall–Kier alpha value is -8.57. The molecule has 2 heterocycles. The summed E-state index contributed by atoms with van der Waals surface area (Å²) in [6, 6.07) is 13.0. The predicted octanol–water partition coefficient (Wildman–Crippen LogP) is 10.5. The van der Waals surface area contributed by atoms with Gasteiger partial charge in [0, 0.05) is 74.9 Å². The van der Waals surface area contributed by atoms with Gasteiger partial charge in [-0.1, -0.05) is 20.6 Å². The normalized spacial score (nSPS) is 11.4. The second-order valence-electron chi connectivity index (χ2n) is 20.2. The molecule has 0 aliphatic carbocycles. The van der Waals surface area contributed by atoms with E-state index in [1.807, 2.05) is 63.1 Å². The third kappa shape index (κ3) is 21.5. The molecule has 0 spiro atoms. The number of ether oxygens (including phenoxy) is 2. The summed E-state index contributed by atoms with van der Waals surface area (Å²) in [5.74, 6) is 0.826. The number of hydrogen-bond acceptors (Lipinski definition) is 21. The summed E-state index contributed by atoms with van der Waals surface area (Å²) in [7, 11) is 14.8. The van der Waals surface area contributed by atoms with E-state index in [0.717, 1.165) is 61.7 Å². The summed E-state index contributed by atoms with van der Waals surface area (Å²) < 4.78 is 90.8. The fourth-order valence-corrected chi connectivity index (χ4v) is 7.55. The Labute approximate surface area is 501 Å². The van der Waals surface area contributed by atoms with Crippen molar-refractivity contribution < 1.29 is 55.6 Å². The molecular formula is C57H75ClF6N16O6. The van der Waals surface area contributed by atoms with E-state index >= 15 is 0 Å². The molecular weight excluding hydrogens is 1150 g/mol. The first-order valence-corrected chi connectivity index (χ1v) is 26.0. The van der Waals surface area contributed by atoms with E-state index in [1.165, 1.54) is 66.7 Å². The number of anilines is 12. The summed E-state index contributed by atoms with van der Waals surface area (Å²) in [6.07, 6.45) is -4.48. The van der Waals surface area contributed by atoms with E-state index in [0.29, 0.717) is 46.5 Å². The van der Waals surface area contributed by atoms with Gasteiger partial charge in [-0.3, -0.25) is 9.59 Å². The van der Waals surface area contributed by atoms with Crippen molar-refractivity contribution in [3.63, 3.8) is 0 Å². The van der Waals surface area contributed by atoms with E-state index in [1.54, 1.807) is 18.2 Å². The number of amides is 1. The van der Waals surface area contributed by atoms with Crippen LogP contribution in [0.4, 0.5) is 95.6 Å². The molecule has 6 rings (SSSR count). The summed E-state index contributed by atoms with van der Waals surface area (Å²) >= 11 is 4.71. The van der Waals surface area contributed by atoms with E-state index in [-0.39, 0.29) is 53.7 Å². The quantitative estimate of drug-likeness (QED) is 0.0128. The van der Waals surface area contributed by atoms with Gasteiger partial charge >= 0.3 is 12.4 Å². The molecule has 0 fully saturated rings. The van der Waals surface area contributed by atoms with Gasteiger partial charge in [-0.15, -0.1) is 0 Å². The number of alkyl halides is 6. The van der Waals surface area contributed by atoms with Crippen LogP contribution in [0.1, 0.15) is 57.4 Å². The van der Waals surface area contributed by atoms with E-state index in [2.05, 4.69) is 74.5 Å². The molecule has 6 aromatic rings. The lowest BCUT2D eigenvalue weighted by molar-refractivity contribution is -0.138. The molecule has 86 heavy (non-hydrogen) atoms. The number of hydrogen-bond donors (Lipinski definition) is 8. The van der Waals surface area contributed by atoms with Crippen molar-refractivity contribution >= 4 is 92.0 Å². The maximum atomic E-state index is 13.3. The maximum absolute atomic E-state index is 13.3. The molecule has 22 nitrogen and oxygen atoms in total. The number of methoxy groups -OCH3 is 2.